The Balaban J connectivity index is 2.44. The number of benzene rings is 1. The van der Waals surface area contributed by atoms with Gasteiger partial charge in [0.2, 0.25) is 0 Å². The zero-order valence-corrected chi connectivity index (χ0v) is 10.4. The summed E-state index contributed by atoms with van der Waals surface area (Å²) in [5.74, 6) is -0.950. The lowest BCUT2D eigenvalue weighted by molar-refractivity contribution is -0.155. The van der Waals surface area contributed by atoms with Gasteiger partial charge in [-0.1, -0.05) is 34.1 Å². The highest BCUT2D eigenvalue weighted by atomic mass is 79.9. The second-order valence-corrected chi connectivity index (χ2v) is 5.49. The molecule has 0 spiro atoms. The second-order valence-electron chi connectivity index (χ2n) is 4.63. The summed E-state index contributed by atoms with van der Waals surface area (Å²) in [5, 5.41) is 9.31. The fourth-order valence-electron chi connectivity index (χ4n) is 2.51. The van der Waals surface area contributed by atoms with Crippen molar-refractivity contribution in [3.8, 4) is 0 Å². The highest BCUT2D eigenvalue weighted by Crippen LogP contribution is 2.53. The van der Waals surface area contributed by atoms with Crippen LogP contribution in [0.2, 0.25) is 0 Å². The maximum atomic E-state index is 13.6. The van der Waals surface area contributed by atoms with E-state index in [1.807, 2.05) is 6.07 Å². The summed E-state index contributed by atoms with van der Waals surface area (Å²) in [6.45, 7) is 1.45. The molecule has 4 heteroatoms. The fourth-order valence-corrected chi connectivity index (χ4v) is 3.18. The minimum atomic E-state index is -1.37. The molecular weight excluding hydrogens is 275 g/mol. The largest absolute Gasteiger partial charge is 0.481 e. The molecule has 0 aliphatic heterocycles. The Morgan fingerprint density at radius 3 is 2.44 bits per heavy atom. The average molecular weight is 287 g/mol. The minimum Gasteiger partial charge on any atom is -0.481 e. The molecule has 1 fully saturated rings. The SMILES string of the molecule is CC1(F)CC(C(=O)O)(c2ccccc2Br)C1. The third kappa shape index (κ3) is 1.65. The molecule has 0 atom stereocenters. The van der Waals surface area contributed by atoms with Crippen LogP contribution in [0.1, 0.15) is 25.3 Å². The van der Waals surface area contributed by atoms with Gasteiger partial charge in [-0.3, -0.25) is 4.79 Å². The molecule has 0 amide bonds. The molecule has 0 radical (unpaired) electrons. The van der Waals surface area contributed by atoms with E-state index in [1.165, 1.54) is 6.92 Å². The topological polar surface area (TPSA) is 37.3 Å². The summed E-state index contributed by atoms with van der Waals surface area (Å²) in [5.41, 5.74) is -1.77. The molecular formula is C12H12BrFO2. The third-order valence-corrected chi connectivity index (χ3v) is 3.83. The van der Waals surface area contributed by atoms with Crippen LogP contribution in [0, 0.1) is 0 Å². The summed E-state index contributed by atoms with van der Waals surface area (Å²) < 4.78 is 14.3. The molecule has 2 nitrogen and oxygen atoms in total. The summed E-state index contributed by atoms with van der Waals surface area (Å²) in [7, 11) is 0. The predicted molar refractivity (Wildman–Crippen MR) is 62.2 cm³/mol. The van der Waals surface area contributed by atoms with E-state index in [0.29, 0.717) is 5.56 Å². The highest BCUT2D eigenvalue weighted by Gasteiger charge is 2.59. The predicted octanol–water partition coefficient (Wildman–Crippen LogP) is 3.29. The van der Waals surface area contributed by atoms with Crippen LogP contribution < -0.4 is 0 Å². The van der Waals surface area contributed by atoms with Crippen LogP contribution in [0.5, 0.6) is 0 Å². The lowest BCUT2D eigenvalue weighted by Gasteiger charge is -2.47. The smallest absolute Gasteiger partial charge is 0.314 e. The van der Waals surface area contributed by atoms with Gasteiger partial charge in [0.05, 0.1) is 5.41 Å². The number of hydrogen-bond acceptors (Lipinski definition) is 1. The molecule has 2 rings (SSSR count). The molecule has 1 aliphatic carbocycles. The van der Waals surface area contributed by atoms with E-state index in [0.717, 1.165) is 4.47 Å². The van der Waals surface area contributed by atoms with Crippen molar-refractivity contribution in [2.45, 2.75) is 30.8 Å². The van der Waals surface area contributed by atoms with Gasteiger partial charge < -0.3 is 5.11 Å². The molecule has 1 aromatic carbocycles. The van der Waals surface area contributed by atoms with E-state index in [4.69, 9.17) is 0 Å². The zero-order chi connectivity index (χ0) is 12.0. The first kappa shape index (κ1) is 11.6. The van der Waals surface area contributed by atoms with E-state index < -0.39 is 17.1 Å². The Labute approximate surface area is 102 Å². The van der Waals surface area contributed by atoms with Gasteiger partial charge in [0, 0.05) is 17.3 Å². The van der Waals surface area contributed by atoms with Gasteiger partial charge in [-0.05, 0) is 18.6 Å². The fraction of sp³-hybridized carbons (Fsp3) is 0.417. The van der Waals surface area contributed by atoms with Crippen LogP contribution in [0.25, 0.3) is 0 Å². The maximum Gasteiger partial charge on any atom is 0.314 e. The number of halogens is 2. The third-order valence-electron chi connectivity index (χ3n) is 3.14. The Morgan fingerprint density at radius 1 is 1.44 bits per heavy atom. The molecule has 86 valence electrons. The lowest BCUT2D eigenvalue weighted by atomic mass is 9.57. The molecule has 0 bridgehead atoms. The van der Waals surface area contributed by atoms with Gasteiger partial charge in [0.15, 0.2) is 0 Å². The van der Waals surface area contributed by atoms with E-state index >= 15 is 0 Å². The first-order valence-electron chi connectivity index (χ1n) is 5.05. The Hall–Kier alpha value is -0.900. The molecule has 1 saturated carbocycles. The van der Waals surface area contributed by atoms with Crippen molar-refractivity contribution in [2.75, 3.05) is 0 Å². The van der Waals surface area contributed by atoms with Crippen molar-refractivity contribution < 1.29 is 14.3 Å². The molecule has 1 aliphatic rings. The van der Waals surface area contributed by atoms with Crippen LogP contribution in [0.4, 0.5) is 4.39 Å². The molecule has 0 unspecified atom stereocenters. The van der Waals surface area contributed by atoms with Crippen molar-refractivity contribution in [2.24, 2.45) is 0 Å². The molecule has 1 aromatic rings. The Kier molecular flexibility index (Phi) is 2.57. The van der Waals surface area contributed by atoms with Crippen molar-refractivity contribution in [1.82, 2.24) is 0 Å². The lowest BCUT2D eigenvalue weighted by Crippen LogP contribution is -2.55. The van der Waals surface area contributed by atoms with Gasteiger partial charge in [0.1, 0.15) is 5.67 Å². The van der Waals surface area contributed by atoms with Crippen molar-refractivity contribution in [3.05, 3.63) is 34.3 Å². The standard InChI is InChI=1S/C12H12BrFO2/c1-11(14)6-12(7-11,10(15)16)8-4-2-3-5-9(8)13/h2-5H,6-7H2,1H3,(H,15,16). The van der Waals surface area contributed by atoms with Crippen LogP contribution in [0.3, 0.4) is 0 Å². The number of alkyl halides is 1. The number of carboxylic acid groups (broad SMARTS) is 1. The van der Waals surface area contributed by atoms with E-state index in [-0.39, 0.29) is 12.8 Å². The Morgan fingerprint density at radius 2 is 2.00 bits per heavy atom. The monoisotopic (exact) mass is 286 g/mol. The molecule has 0 heterocycles. The van der Waals surface area contributed by atoms with Gasteiger partial charge >= 0.3 is 5.97 Å². The minimum absolute atomic E-state index is 0.0396. The summed E-state index contributed by atoms with van der Waals surface area (Å²) in [6.07, 6.45) is 0.0793. The zero-order valence-electron chi connectivity index (χ0n) is 8.84. The van der Waals surface area contributed by atoms with E-state index in [2.05, 4.69) is 15.9 Å². The van der Waals surface area contributed by atoms with E-state index in [1.54, 1.807) is 18.2 Å². The average Bonchev–Trinajstić information content (AvgIpc) is 2.14. The maximum absolute atomic E-state index is 13.6. The summed E-state index contributed by atoms with van der Waals surface area (Å²) >= 11 is 3.33. The number of carbonyl (C=O) groups is 1. The Bertz CT molecular complexity index is 434. The molecule has 0 saturated heterocycles. The number of hydrogen-bond donors (Lipinski definition) is 1. The molecule has 0 aromatic heterocycles. The normalized spacial score (nSPS) is 33.2. The van der Waals surface area contributed by atoms with Gasteiger partial charge in [-0.25, -0.2) is 4.39 Å². The quantitative estimate of drug-likeness (QED) is 0.906. The summed E-state index contributed by atoms with van der Waals surface area (Å²) in [4.78, 5) is 11.4. The highest BCUT2D eigenvalue weighted by molar-refractivity contribution is 9.10. The first-order chi connectivity index (χ1) is 7.37. The summed E-state index contributed by atoms with van der Waals surface area (Å²) in [6, 6.07) is 7.12. The van der Waals surface area contributed by atoms with Crippen LogP contribution >= 0.6 is 15.9 Å². The van der Waals surface area contributed by atoms with Crippen molar-refractivity contribution in [3.63, 3.8) is 0 Å². The van der Waals surface area contributed by atoms with Crippen LogP contribution in [0.15, 0.2) is 28.7 Å². The second kappa shape index (κ2) is 3.55. The first-order valence-corrected chi connectivity index (χ1v) is 5.84. The number of aliphatic carboxylic acids is 1. The van der Waals surface area contributed by atoms with Crippen molar-refractivity contribution >= 4 is 21.9 Å². The number of rotatable bonds is 2. The van der Waals surface area contributed by atoms with E-state index in [9.17, 15) is 14.3 Å². The van der Waals surface area contributed by atoms with Gasteiger partial charge in [0.25, 0.3) is 0 Å². The molecule has 16 heavy (non-hydrogen) atoms. The number of carboxylic acids is 1. The van der Waals surface area contributed by atoms with Gasteiger partial charge in [-0.2, -0.15) is 0 Å². The van der Waals surface area contributed by atoms with Crippen LogP contribution in [-0.2, 0) is 10.2 Å². The van der Waals surface area contributed by atoms with Crippen LogP contribution in [-0.4, -0.2) is 16.7 Å². The molecule has 1 N–H and O–H groups in total. The van der Waals surface area contributed by atoms with Crippen molar-refractivity contribution in [1.29, 1.82) is 0 Å². The van der Waals surface area contributed by atoms with Gasteiger partial charge in [-0.15, -0.1) is 0 Å².